The van der Waals surface area contributed by atoms with Gasteiger partial charge in [-0.25, -0.2) is 0 Å². The van der Waals surface area contributed by atoms with Gasteiger partial charge >= 0.3 is 0 Å². The molecule has 1 heterocycles. The highest BCUT2D eigenvalue weighted by Gasteiger charge is 2.01. The van der Waals surface area contributed by atoms with Crippen molar-refractivity contribution < 1.29 is 9.53 Å². The smallest absolute Gasteiger partial charge is 0.221 e. The number of aromatic nitrogens is 1. The molecule has 0 bridgehead atoms. The monoisotopic (exact) mass is 292 g/mol. The normalized spacial score (nSPS) is 10.4. The van der Waals surface area contributed by atoms with E-state index in [0.717, 1.165) is 27.9 Å². The number of nitrogens with one attached hydrogen (secondary N) is 1. The van der Waals surface area contributed by atoms with Crippen LogP contribution in [-0.4, -0.2) is 10.9 Å². The first-order valence-corrected chi connectivity index (χ1v) is 7.05. The number of rotatable bonds is 4. The van der Waals surface area contributed by atoms with Crippen LogP contribution in [0.25, 0.3) is 10.8 Å². The molecule has 0 radical (unpaired) electrons. The van der Waals surface area contributed by atoms with Gasteiger partial charge in [0.1, 0.15) is 12.4 Å². The predicted molar refractivity (Wildman–Crippen MR) is 86.8 cm³/mol. The second-order valence-electron chi connectivity index (χ2n) is 5.01. The van der Waals surface area contributed by atoms with E-state index in [1.54, 1.807) is 6.20 Å². The van der Waals surface area contributed by atoms with Crippen LogP contribution in [0.3, 0.4) is 0 Å². The molecule has 0 atom stereocenters. The van der Waals surface area contributed by atoms with Crippen molar-refractivity contribution in [3.05, 3.63) is 66.5 Å². The van der Waals surface area contributed by atoms with Gasteiger partial charge in [-0.1, -0.05) is 18.2 Å². The summed E-state index contributed by atoms with van der Waals surface area (Å²) in [6.07, 6.45) is 1.75. The summed E-state index contributed by atoms with van der Waals surface area (Å²) in [6, 6.07) is 17.4. The van der Waals surface area contributed by atoms with E-state index >= 15 is 0 Å². The molecule has 4 nitrogen and oxygen atoms in total. The number of ether oxygens (including phenoxy) is 1. The number of carbonyl (C=O) groups is 1. The molecule has 0 spiro atoms. The summed E-state index contributed by atoms with van der Waals surface area (Å²) in [5, 5.41) is 4.89. The van der Waals surface area contributed by atoms with Crippen molar-refractivity contribution in [1.82, 2.24) is 4.98 Å². The molecule has 2 aromatic carbocycles. The van der Waals surface area contributed by atoms with Gasteiger partial charge in [-0.3, -0.25) is 9.78 Å². The lowest BCUT2D eigenvalue weighted by molar-refractivity contribution is -0.114. The van der Waals surface area contributed by atoms with Crippen LogP contribution in [-0.2, 0) is 11.4 Å². The van der Waals surface area contributed by atoms with Gasteiger partial charge in [-0.2, -0.15) is 0 Å². The average Bonchev–Trinajstić information content (AvgIpc) is 2.53. The number of amides is 1. The third-order valence-corrected chi connectivity index (χ3v) is 3.24. The molecule has 110 valence electrons. The minimum Gasteiger partial charge on any atom is -0.487 e. The minimum atomic E-state index is -0.0744. The van der Waals surface area contributed by atoms with Gasteiger partial charge in [0, 0.05) is 18.8 Å². The number of carbonyl (C=O) groups excluding carboxylic acids is 1. The molecular formula is C18H16N2O2. The maximum Gasteiger partial charge on any atom is 0.221 e. The highest BCUT2D eigenvalue weighted by Crippen LogP contribution is 2.24. The second kappa shape index (κ2) is 6.26. The van der Waals surface area contributed by atoms with Crippen molar-refractivity contribution in [2.24, 2.45) is 0 Å². The zero-order chi connectivity index (χ0) is 15.4. The van der Waals surface area contributed by atoms with Gasteiger partial charge in [-0.05, 0) is 47.2 Å². The lowest BCUT2D eigenvalue weighted by Gasteiger charge is -2.08. The Hall–Kier alpha value is -2.88. The number of hydrogen-bond donors (Lipinski definition) is 1. The van der Waals surface area contributed by atoms with Gasteiger partial charge in [-0.15, -0.1) is 0 Å². The molecule has 1 amide bonds. The predicted octanol–water partition coefficient (Wildman–Crippen LogP) is 3.77. The third-order valence-electron chi connectivity index (χ3n) is 3.24. The fourth-order valence-corrected chi connectivity index (χ4v) is 2.24. The number of hydrogen-bond acceptors (Lipinski definition) is 3. The van der Waals surface area contributed by atoms with Gasteiger partial charge in [0.15, 0.2) is 0 Å². The highest BCUT2D eigenvalue weighted by atomic mass is 16.5. The van der Waals surface area contributed by atoms with Crippen molar-refractivity contribution in [3.63, 3.8) is 0 Å². The molecule has 0 aliphatic rings. The van der Waals surface area contributed by atoms with E-state index < -0.39 is 0 Å². The van der Waals surface area contributed by atoms with Crippen LogP contribution in [0, 0.1) is 0 Å². The number of benzene rings is 2. The maximum atomic E-state index is 11.1. The molecule has 1 aromatic heterocycles. The van der Waals surface area contributed by atoms with Gasteiger partial charge in [0.2, 0.25) is 5.91 Å². The lowest BCUT2D eigenvalue weighted by Crippen LogP contribution is -2.05. The van der Waals surface area contributed by atoms with E-state index in [2.05, 4.69) is 10.3 Å². The first-order chi connectivity index (χ1) is 10.7. The summed E-state index contributed by atoms with van der Waals surface area (Å²) in [5.74, 6) is 0.722. The van der Waals surface area contributed by atoms with Crippen LogP contribution < -0.4 is 10.1 Å². The Morgan fingerprint density at radius 2 is 1.91 bits per heavy atom. The molecule has 0 saturated carbocycles. The molecule has 4 heteroatoms. The van der Waals surface area contributed by atoms with E-state index in [0.29, 0.717) is 6.61 Å². The summed E-state index contributed by atoms with van der Waals surface area (Å²) < 4.78 is 5.76. The van der Waals surface area contributed by atoms with Crippen LogP contribution in [0.1, 0.15) is 12.6 Å². The van der Waals surface area contributed by atoms with E-state index in [1.165, 1.54) is 6.92 Å². The SMILES string of the molecule is CC(=O)Nc1ccc2cc(OCc3ccccn3)ccc2c1. The fourth-order valence-electron chi connectivity index (χ4n) is 2.24. The first kappa shape index (κ1) is 14.1. The van der Waals surface area contributed by atoms with Crippen molar-refractivity contribution in [3.8, 4) is 5.75 Å². The maximum absolute atomic E-state index is 11.1. The van der Waals surface area contributed by atoms with Crippen LogP contribution in [0.5, 0.6) is 5.75 Å². The molecule has 0 fully saturated rings. The van der Waals surface area contributed by atoms with Crippen LogP contribution in [0.2, 0.25) is 0 Å². The van der Waals surface area contributed by atoms with E-state index in [-0.39, 0.29) is 5.91 Å². The summed E-state index contributed by atoms with van der Waals surface area (Å²) in [6.45, 7) is 1.94. The Labute approximate surface area is 128 Å². The molecule has 0 unspecified atom stereocenters. The van der Waals surface area contributed by atoms with Crippen molar-refractivity contribution in [1.29, 1.82) is 0 Å². The topological polar surface area (TPSA) is 51.2 Å². The highest BCUT2D eigenvalue weighted by molar-refractivity contribution is 5.93. The van der Waals surface area contributed by atoms with Crippen molar-refractivity contribution >= 4 is 22.4 Å². The van der Waals surface area contributed by atoms with Crippen LogP contribution in [0.4, 0.5) is 5.69 Å². The van der Waals surface area contributed by atoms with Gasteiger partial charge in [0.05, 0.1) is 5.69 Å². The largest absolute Gasteiger partial charge is 0.487 e. The Bertz CT molecular complexity index is 801. The standard InChI is InChI=1S/C18H16N2O2/c1-13(21)20-16-7-5-15-11-18(8-6-14(15)10-16)22-12-17-4-2-3-9-19-17/h2-11H,12H2,1H3,(H,20,21). The lowest BCUT2D eigenvalue weighted by atomic mass is 10.1. The van der Waals surface area contributed by atoms with Crippen molar-refractivity contribution in [2.45, 2.75) is 13.5 Å². The van der Waals surface area contributed by atoms with E-state index in [4.69, 9.17) is 4.74 Å². The Kier molecular flexibility index (Phi) is 4.01. The van der Waals surface area contributed by atoms with Crippen LogP contribution in [0.15, 0.2) is 60.8 Å². The number of anilines is 1. The quantitative estimate of drug-likeness (QED) is 0.796. The fraction of sp³-hybridized carbons (Fsp3) is 0.111. The molecule has 0 saturated heterocycles. The number of pyridine rings is 1. The van der Waals surface area contributed by atoms with Gasteiger partial charge < -0.3 is 10.1 Å². The van der Waals surface area contributed by atoms with Crippen LogP contribution >= 0.6 is 0 Å². The minimum absolute atomic E-state index is 0.0744. The molecular weight excluding hydrogens is 276 g/mol. The molecule has 3 aromatic rings. The average molecular weight is 292 g/mol. The molecule has 3 rings (SSSR count). The molecule has 22 heavy (non-hydrogen) atoms. The Balaban J connectivity index is 1.77. The summed E-state index contributed by atoms with van der Waals surface area (Å²) >= 11 is 0. The van der Waals surface area contributed by atoms with Gasteiger partial charge in [0.25, 0.3) is 0 Å². The number of fused-ring (bicyclic) bond motifs is 1. The summed E-state index contributed by atoms with van der Waals surface area (Å²) in [7, 11) is 0. The summed E-state index contributed by atoms with van der Waals surface area (Å²) in [5.41, 5.74) is 1.69. The van der Waals surface area contributed by atoms with E-state index in [1.807, 2.05) is 54.6 Å². The molecule has 0 aliphatic heterocycles. The van der Waals surface area contributed by atoms with E-state index in [9.17, 15) is 4.79 Å². The Morgan fingerprint density at radius 1 is 1.09 bits per heavy atom. The molecule has 0 aliphatic carbocycles. The first-order valence-electron chi connectivity index (χ1n) is 7.05. The number of nitrogens with zero attached hydrogens (tertiary/aromatic N) is 1. The summed E-state index contributed by atoms with van der Waals surface area (Å²) in [4.78, 5) is 15.3. The Morgan fingerprint density at radius 3 is 2.68 bits per heavy atom. The van der Waals surface area contributed by atoms with Crippen molar-refractivity contribution in [2.75, 3.05) is 5.32 Å². The second-order valence-corrected chi connectivity index (χ2v) is 5.01. The third kappa shape index (κ3) is 3.41. The molecule has 1 N–H and O–H groups in total. The zero-order valence-electron chi connectivity index (χ0n) is 12.2. The zero-order valence-corrected chi connectivity index (χ0v) is 12.2.